The largest absolute Gasteiger partial charge is 0.299 e. The van der Waals surface area contributed by atoms with Crippen LogP contribution in [0.15, 0.2) is 0 Å². The molecule has 0 unspecified atom stereocenters. The van der Waals surface area contributed by atoms with Gasteiger partial charge < -0.3 is 0 Å². The van der Waals surface area contributed by atoms with E-state index in [4.69, 9.17) is 0 Å². The van der Waals surface area contributed by atoms with Crippen LogP contribution < -0.4 is 0 Å². The highest BCUT2D eigenvalue weighted by Gasteiger charge is 2.22. The van der Waals surface area contributed by atoms with E-state index in [0.717, 1.165) is 12.5 Å². The van der Waals surface area contributed by atoms with Crippen molar-refractivity contribution in [3.8, 4) is 0 Å². The van der Waals surface area contributed by atoms with Crippen LogP contribution in [0, 0.1) is 5.92 Å². The molecule has 1 aliphatic rings. The van der Waals surface area contributed by atoms with Crippen LogP contribution in [-0.2, 0) is 4.79 Å². The molecule has 0 spiro atoms. The first-order chi connectivity index (χ1) is 4.68. The summed E-state index contributed by atoms with van der Waals surface area (Å²) in [6.45, 7) is 3.37. The second kappa shape index (κ2) is 3.15. The maximum atomic E-state index is 10.6. The van der Waals surface area contributed by atoms with E-state index in [1.165, 1.54) is 12.8 Å². The van der Waals surface area contributed by atoms with Gasteiger partial charge in [0.2, 0.25) is 0 Å². The second-order valence-electron chi connectivity index (χ2n) is 3.34. The molecule has 1 aliphatic carbocycles. The predicted molar refractivity (Wildman–Crippen MR) is 40.9 cm³/mol. The van der Waals surface area contributed by atoms with Gasteiger partial charge in [0.25, 0.3) is 0 Å². The average Bonchev–Trinajstić information content (AvgIpc) is 2.46. The minimum Gasteiger partial charge on any atom is -0.299 e. The molecular formula is C8H15NO. The van der Waals surface area contributed by atoms with Gasteiger partial charge in [0.1, 0.15) is 5.78 Å². The predicted octanol–water partition coefficient (Wildman–Crippen LogP) is 0.917. The average molecular weight is 141 g/mol. The van der Waals surface area contributed by atoms with Gasteiger partial charge in [0.15, 0.2) is 0 Å². The second-order valence-corrected chi connectivity index (χ2v) is 3.34. The lowest BCUT2D eigenvalue weighted by Gasteiger charge is -2.12. The summed E-state index contributed by atoms with van der Waals surface area (Å²) in [5, 5.41) is 0. The van der Waals surface area contributed by atoms with Crippen LogP contribution in [-0.4, -0.2) is 30.8 Å². The Morgan fingerprint density at radius 3 is 2.60 bits per heavy atom. The lowest BCUT2D eigenvalue weighted by Crippen LogP contribution is -2.26. The highest BCUT2D eigenvalue weighted by Crippen LogP contribution is 2.29. The number of carbonyl (C=O) groups is 1. The Balaban J connectivity index is 2.07. The van der Waals surface area contributed by atoms with Crippen molar-refractivity contribution in [1.82, 2.24) is 4.90 Å². The zero-order chi connectivity index (χ0) is 7.56. The van der Waals surface area contributed by atoms with Crippen molar-refractivity contribution in [3.63, 3.8) is 0 Å². The third-order valence-corrected chi connectivity index (χ3v) is 1.76. The Morgan fingerprint density at radius 1 is 1.60 bits per heavy atom. The first-order valence-corrected chi connectivity index (χ1v) is 3.86. The van der Waals surface area contributed by atoms with Gasteiger partial charge in [0, 0.05) is 6.54 Å². The van der Waals surface area contributed by atoms with Crippen molar-refractivity contribution in [3.05, 3.63) is 0 Å². The summed E-state index contributed by atoms with van der Waals surface area (Å²) < 4.78 is 0. The normalized spacial score (nSPS) is 17.9. The van der Waals surface area contributed by atoms with Crippen LogP contribution >= 0.6 is 0 Å². The fourth-order valence-electron chi connectivity index (χ4n) is 1.19. The first-order valence-electron chi connectivity index (χ1n) is 3.86. The fraction of sp³-hybridized carbons (Fsp3) is 0.875. The Bertz CT molecular complexity index is 129. The van der Waals surface area contributed by atoms with Gasteiger partial charge in [-0.1, -0.05) is 0 Å². The van der Waals surface area contributed by atoms with Gasteiger partial charge >= 0.3 is 0 Å². The Hall–Kier alpha value is -0.370. The van der Waals surface area contributed by atoms with E-state index in [0.29, 0.717) is 6.54 Å². The topological polar surface area (TPSA) is 20.3 Å². The number of nitrogens with zero attached hydrogens (tertiary/aromatic N) is 1. The monoisotopic (exact) mass is 141 g/mol. The van der Waals surface area contributed by atoms with Crippen LogP contribution in [0.25, 0.3) is 0 Å². The van der Waals surface area contributed by atoms with Crippen LogP contribution in [0.5, 0.6) is 0 Å². The highest BCUT2D eigenvalue weighted by atomic mass is 16.1. The summed E-state index contributed by atoms with van der Waals surface area (Å²) in [6, 6.07) is 0. The van der Waals surface area contributed by atoms with Gasteiger partial charge in [-0.25, -0.2) is 0 Å². The van der Waals surface area contributed by atoms with Crippen molar-refractivity contribution >= 4 is 5.78 Å². The number of ketones is 1. The molecule has 0 heterocycles. The van der Waals surface area contributed by atoms with E-state index in [-0.39, 0.29) is 5.78 Å². The SMILES string of the molecule is CC(=O)CN(C)CC1CC1. The quantitative estimate of drug-likeness (QED) is 0.580. The van der Waals surface area contributed by atoms with E-state index in [2.05, 4.69) is 4.90 Å². The summed E-state index contributed by atoms with van der Waals surface area (Å²) in [6.07, 6.45) is 2.73. The van der Waals surface area contributed by atoms with E-state index >= 15 is 0 Å². The smallest absolute Gasteiger partial charge is 0.143 e. The molecule has 2 nitrogen and oxygen atoms in total. The van der Waals surface area contributed by atoms with E-state index in [1.54, 1.807) is 6.92 Å². The summed E-state index contributed by atoms with van der Waals surface area (Å²) >= 11 is 0. The zero-order valence-electron chi connectivity index (χ0n) is 6.76. The van der Waals surface area contributed by atoms with Gasteiger partial charge in [-0.15, -0.1) is 0 Å². The minimum absolute atomic E-state index is 0.267. The molecule has 0 aromatic carbocycles. The zero-order valence-corrected chi connectivity index (χ0v) is 6.76. The van der Waals surface area contributed by atoms with Gasteiger partial charge in [-0.2, -0.15) is 0 Å². The molecule has 0 aromatic rings. The molecule has 0 N–H and O–H groups in total. The molecular weight excluding hydrogens is 126 g/mol. The molecule has 10 heavy (non-hydrogen) atoms. The molecule has 0 aromatic heterocycles. The molecule has 58 valence electrons. The third-order valence-electron chi connectivity index (χ3n) is 1.76. The molecule has 0 amide bonds. The van der Waals surface area contributed by atoms with Crippen molar-refractivity contribution < 1.29 is 4.79 Å². The number of rotatable bonds is 4. The fourth-order valence-corrected chi connectivity index (χ4v) is 1.19. The number of Topliss-reactive ketones (excluding diaryl/α,β-unsaturated/α-hetero) is 1. The van der Waals surface area contributed by atoms with Gasteiger partial charge in [0.05, 0.1) is 6.54 Å². The Kier molecular flexibility index (Phi) is 2.44. The number of hydrogen-bond donors (Lipinski definition) is 0. The molecule has 0 aliphatic heterocycles. The van der Waals surface area contributed by atoms with Crippen LogP contribution in [0.4, 0.5) is 0 Å². The lowest BCUT2D eigenvalue weighted by molar-refractivity contribution is -0.117. The molecule has 0 saturated heterocycles. The van der Waals surface area contributed by atoms with E-state index < -0.39 is 0 Å². The van der Waals surface area contributed by atoms with Gasteiger partial charge in [-0.3, -0.25) is 9.69 Å². The van der Waals surface area contributed by atoms with Crippen LogP contribution in [0.1, 0.15) is 19.8 Å². The summed E-state index contributed by atoms with van der Waals surface area (Å²) in [5.74, 6) is 1.16. The summed E-state index contributed by atoms with van der Waals surface area (Å²) in [5.41, 5.74) is 0. The molecule has 1 saturated carbocycles. The molecule has 0 radical (unpaired) electrons. The Morgan fingerprint density at radius 2 is 2.20 bits per heavy atom. The standard InChI is InChI=1S/C8H15NO/c1-7(10)5-9(2)6-8-3-4-8/h8H,3-6H2,1-2H3. The third kappa shape index (κ3) is 2.97. The van der Waals surface area contributed by atoms with Crippen molar-refractivity contribution in [2.45, 2.75) is 19.8 Å². The van der Waals surface area contributed by atoms with Crippen molar-refractivity contribution in [1.29, 1.82) is 0 Å². The number of carbonyl (C=O) groups excluding carboxylic acids is 1. The maximum absolute atomic E-state index is 10.6. The number of hydrogen-bond acceptors (Lipinski definition) is 2. The van der Waals surface area contributed by atoms with Crippen LogP contribution in [0.3, 0.4) is 0 Å². The maximum Gasteiger partial charge on any atom is 0.143 e. The van der Waals surface area contributed by atoms with Crippen LogP contribution in [0.2, 0.25) is 0 Å². The molecule has 0 bridgehead atoms. The molecule has 1 rings (SSSR count). The number of likely N-dealkylation sites (N-methyl/N-ethyl adjacent to an activating group) is 1. The minimum atomic E-state index is 0.267. The van der Waals surface area contributed by atoms with Crippen molar-refractivity contribution in [2.75, 3.05) is 20.1 Å². The summed E-state index contributed by atoms with van der Waals surface area (Å²) in [4.78, 5) is 12.7. The van der Waals surface area contributed by atoms with E-state index in [1.807, 2.05) is 7.05 Å². The summed E-state index contributed by atoms with van der Waals surface area (Å²) in [7, 11) is 2.01. The molecule has 0 atom stereocenters. The van der Waals surface area contributed by atoms with Crippen molar-refractivity contribution in [2.24, 2.45) is 5.92 Å². The molecule has 1 fully saturated rings. The van der Waals surface area contributed by atoms with E-state index in [9.17, 15) is 4.79 Å². The lowest BCUT2D eigenvalue weighted by atomic mass is 10.3. The highest BCUT2D eigenvalue weighted by molar-refractivity contribution is 5.77. The molecule has 2 heteroatoms. The Labute approximate surface area is 62.2 Å². The first kappa shape index (κ1) is 7.73. The van der Waals surface area contributed by atoms with Gasteiger partial charge in [-0.05, 0) is 32.7 Å².